The second-order valence-corrected chi connectivity index (χ2v) is 12.0. The fourth-order valence-corrected chi connectivity index (χ4v) is 6.13. The number of rotatable bonds is 15. The normalized spacial score (nSPS) is 15.7. The summed E-state index contributed by atoms with van der Waals surface area (Å²) in [6.45, 7) is 4.20. The van der Waals surface area contributed by atoms with Crippen molar-refractivity contribution in [3.05, 3.63) is 59.2 Å². The van der Waals surface area contributed by atoms with Crippen LogP contribution < -0.4 is 9.47 Å². The molecule has 0 spiro atoms. The summed E-state index contributed by atoms with van der Waals surface area (Å²) in [6, 6.07) is 13.4. The molecule has 1 saturated heterocycles. The molecule has 0 N–H and O–H groups in total. The van der Waals surface area contributed by atoms with E-state index in [1.165, 1.54) is 51.2 Å². The molecule has 1 heterocycles. The number of carbonyl (C=O) groups is 3. The molecule has 0 atom stereocenters. The smallest absolute Gasteiger partial charge is 0.494 e. The van der Waals surface area contributed by atoms with Crippen molar-refractivity contribution >= 4 is 18.0 Å². The first-order chi connectivity index (χ1) is 21.9. The minimum absolute atomic E-state index is 0.0753. The summed E-state index contributed by atoms with van der Waals surface area (Å²) in [5.74, 6) is 1.87. The number of amides is 1. The molecule has 1 saturated carbocycles. The van der Waals surface area contributed by atoms with Crippen molar-refractivity contribution in [1.82, 2.24) is 4.90 Å². The molecule has 4 rings (SSSR count). The van der Waals surface area contributed by atoms with Crippen LogP contribution in [0.5, 0.6) is 11.5 Å². The molecule has 0 unspecified atom stereocenters. The Morgan fingerprint density at radius 1 is 0.867 bits per heavy atom. The molecule has 1 amide bonds. The van der Waals surface area contributed by atoms with Gasteiger partial charge < -0.3 is 28.6 Å². The minimum Gasteiger partial charge on any atom is -0.494 e. The standard InChI is InChI=1S/C36H49NO8/c1-3-42-35(39)29-15-18-33(30(25-29)26-34(38)37-21-19-32(20-22-37)45-36(40)41-2)44-24-8-12-28-13-16-31(17-14-28)43-23-7-11-27-9-5-4-6-10-27/h13-18,25,27,32H,3-12,19-24,26H2,1-2H3. The van der Waals surface area contributed by atoms with Crippen molar-refractivity contribution in [2.24, 2.45) is 5.92 Å². The number of hydrogen-bond donors (Lipinski definition) is 0. The van der Waals surface area contributed by atoms with E-state index in [0.29, 0.717) is 49.4 Å². The number of benzene rings is 2. The van der Waals surface area contributed by atoms with Crippen molar-refractivity contribution in [3.63, 3.8) is 0 Å². The van der Waals surface area contributed by atoms with Crippen LogP contribution in [0.1, 0.15) is 92.6 Å². The van der Waals surface area contributed by atoms with E-state index in [1.807, 2.05) is 12.1 Å². The number of esters is 1. The van der Waals surface area contributed by atoms with Gasteiger partial charge in [-0.15, -0.1) is 0 Å². The highest BCUT2D eigenvalue weighted by Gasteiger charge is 2.26. The van der Waals surface area contributed by atoms with Crippen LogP contribution in [-0.2, 0) is 31.8 Å². The van der Waals surface area contributed by atoms with Crippen LogP contribution in [0.4, 0.5) is 4.79 Å². The molecule has 9 nitrogen and oxygen atoms in total. The molecule has 2 fully saturated rings. The highest BCUT2D eigenvalue weighted by Crippen LogP contribution is 2.28. The lowest BCUT2D eigenvalue weighted by Gasteiger charge is -2.31. The summed E-state index contributed by atoms with van der Waals surface area (Å²) >= 11 is 0. The van der Waals surface area contributed by atoms with Gasteiger partial charge >= 0.3 is 12.1 Å². The van der Waals surface area contributed by atoms with Gasteiger partial charge in [-0.1, -0.05) is 44.2 Å². The van der Waals surface area contributed by atoms with Gasteiger partial charge in [0.25, 0.3) is 0 Å². The van der Waals surface area contributed by atoms with Gasteiger partial charge in [0.05, 0.1) is 38.9 Å². The number of hydrogen-bond acceptors (Lipinski definition) is 8. The van der Waals surface area contributed by atoms with Crippen molar-refractivity contribution in [2.45, 2.75) is 90.1 Å². The predicted molar refractivity (Wildman–Crippen MR) is 171 cm³/mol. The molecule has 1 aliphatic heterocycles. The largest absolute Gasteiger partial charge is 0.508 e. The monoisotopic (exact) mass is 623 g/mol. The molecule has 0 bridgehead atoms. The van der Waals surface area contributed by atoms with E-state index >= 15 is 0 Å². The van der Waals surface area contributed by atoms with Gasteiger partial charge in [-0.3, -0.25) is 4.79 Å². The van der Waals surface area contributed by atoms with Gasteiger partial charge in [0.1, 0.15) is 17.6 Å². The molecule has 2 aromatic carbocycles. The average molecular weight is 624 g/mol. The SMILES string of the molecule is CCOC(=O)c1ccc(OCCCc2ccc(OCCCC3CCCCC3)cc2)c(CC(=O)N2CCC(OC(=O)OC)CC2)c1. The van der Waals surface area contributed by atoms with Crippen LogP contribution in [0, 0.1) is 5.92 Å². The Labute approximate surface area is 267 Å². The lowest BCUT2D eigenvalue weighted by atomic mass is 9.86. The Bertz CT molecular complexity index is 1220. The molecule has 0 aromatic heterocycles. The van der Waals surface area contributed by atoms with E-state index in [2.05, 4.69) is 16.9 Å². The van der Waals surface area contributed by atoms with Crippen LogP contribution in [0.3, 0.4) is 0 Å². The molecular formula is C36H49NO8. The summed E-state index contributed by atoms with van der Waals surface area (Å²) in [5, 5.41) is 0. The second kappa shape index (κ2) is 18.3. The highest BCUT2D eigenvalue weighted by molar-refractivity contribution is 5.90. The number of ether oxygens (including phenoxy) is 5. The number of piperidine rings is 1. The summed E-state index contributed by atoms with van der Waals surface area (Å²) in [7, 11) is 1.28. The quantitative estimate of drug-likeness (QED) is 0.156. The lowest BCUT2D eigenvalue weighted by Crippen LogP contribution is -2.42. The van der Waals surface area contributed by atoms with Crippen LogP contribution in [-0.4, -0.2) is 69.1 Å². The van der Waals surface area contributed by atoms with Crippen LogP contribution in [0.25, 0.3) is 0 Å². The van der Waals surface area contributed by atoms with Gasteiger partial charge in [-0.05, 0) is 74.4 Å². The third-order valence-electron chi connectivity index (χ3n) is 8.68. The first-order valence-electron chi connectivity index (χ1n) is 16.6. The van der Waals surface area contributed by atoms with Crippen LogP contribution in [0.2, 0.25) is 0 Å². The van der Waals surface area contributed by atoms with Gasteiger partial charge in [-0.25, -0.2) is 9.59 Å². The maximum Gasteiger partial charge on any atom is 0.508 e. The summed E-state index contributed by atoms with van der Waals surface area (Å²) in [4.78, 5) is 38.8. The topological polar surface area (TPSA) is 101 Å². The summed E-state index contributed by atoms with van der Waals surface area (Å²) in [6.07, 6.45) is 11.2. The van der Waals surface area contributed by atoms with Crippen molar-refractivity contribution in [2.75, 3.05) is 40.0 Å². The Kier molecular flexibility index (Phi) is 13.9. The summed E-state index contributed by atoms with van der Waals surface area (Å²) < 4.78 is 27.1. The third kappa shape index (κ3) is 11.3. The maximum absolute atomic E-state index is 13.2. The zero-order valence-corrected chi connectivity index (χ0v) is 26.9. The number of carbonyl (C=O) groups excluding carboxylic acids is 3. The number of aryl methyl sites for hydroxylation is 1. The molecule has 45 heavy (non-hydrogen) atoms. The Hall–Kier alpha value is -3.75. The predicted octanol–water partition coefficient (Wildman–Crippen LogP) is 6.93. The lowest BCUT2D eigenvalue weighted by molar-refractivity contribution is -0.132. The second-order valence-electron chi connectivity index (χ2n) is 12.0. The van der Waals surface area contributed by atoms with E-state index in [4.69, 9.17) is 18.9 Å². The van der Waals surface area contributed by atoms with E-state index in [1.54, 1.807) is 30.0 Å². The first kappa shape index (κ1) is 34.1. The molecule has 2 aromatic rings. The van der Waals surface area contributed by atoms with Crippen LogP contribution >= 0.6 is 0 Å². The Morgan fingerprint density at radius 2 is 1.60 bits per heavy atom. The van der Waals surface area contributed by atoms with Gasteiger partial charge in [0, 0.05) is 31.5 Å². The van der Waals surface area contributed by atoms with Crippen LogP contribution in [0.15, 0.2) is 42.5 Å². The Morgan fingerprint density at radius 3 is 2.31 bits per heavy atom. The van der Waals surface area contributed by atoms with E-state index in [0.717, 1.165) is 37.5 Å². The zero-order chi connectivity index (χ0) is 31.9. The zero-order valence-electron chi connectivity index (χ0n) is 26.9. The number of nitrogens with zero attached hydrogens (tertiary/aromatic N) is 1. The molecule has 9 heteroatoms. The van der Waals surface area contributed by atoms with E-state index in [9.17, 15) is 14.4 Å². The molecule has 1 aliphatic carbocycles. The van der Waals surface area contributed by atoms with Gasteiger partial charge in [0.2, 0.25) is 5.91 Å². The van der Waals surface area contributed by atoms with Crippen molar-refractivity contribution in [1.29, 1.82) is 0 Å². The first-order valence-corrected chi connectivity index (χ1v) is 16.6. The van der Waals surface area contributed by atoms with E-state index < -0.39 is 12.1 Å². The molecule has 246 valence electrons. The molecule has 2 aliphatic rings. The summed E-state index contributed by atoms with van der Waals surface area (Å²) in [5.41, 5.74) is 2.23. The number of likely N-dealkylation sites (tertiary alicyclic amines) is 1. The maximum atomic E-state index is 13.2. The number of methoxy groups -OCH3 is 1. The van der Waals surface area contributed by atoms with Gasteiger partial charge in [-0.2, -0.15) is 0 Å². The highest BCUT2D eigenvalue weighted by atomic mass is 16.7. The van der Waals surface area contributed by atoms with Gasteiger partial charge in [0.15, 0.2) is 0 Å². The Balaban J connectivity index is 1.24. The van der Waals surface area contributed by atoms with Crippen molar-refractivity contribution < 1.29 is 38.1 Å². The van der Waals surface area contributed by atoms with E-state index in [-0.39, 0.29) is 25.0 Å². The van der Waals surface area contributed by atoms with Crippen molar-refractivity contribution in [3.8, 4) is 11.5 Å². The average Bonchev–Trinajstić information content (AvgIpc) is 3.07. The molecule has 0 radical (unpaired) electrons. The fourth-order valence-electron chi connectivity index (χ4n) is 6.13. The minimum atomic E-state index is -0.710. The fraction of sp³-hybridized carbons (Fsp3) is 0.583. The third-order valence-corrected chi connectivity index (χ3v) is 8.68. The molecular weight excluding hydrogens is 574 g/mol.